The molecule has 0 aliphatic carbocycles. The molecule has 0 radical (unpaired) electrons. The fraction of sp³-hybridized carbons (Fsp3) is 0.462. The number of aryl methyl sites for hydroxylation is 2. The molecule has 9 heteroatoms. The van der Waals surface area contributed by atoms with Crippen molar-refractivity contribution in [2.45, 2.75) is 17.7 Å². The fourth-order valence-electron chi connectivity index (χ4n) is 2.26. The van der Waals surface area contributed by atoms with E-state index < -0.39 is 10.0 Å². The molecule has 0 aliphatic rings. The molecule has 1 aromatic heterocycles. The summed E-state index contributed by atoms with van der Waals surface area (Å²) in [7, 11) is -0.382. The molecule has 0 atom stereocenters. The van der Waals surface area contributed by atoms with Crippen LogP contribution in [0.4, 0.5) is 0 Å². The van der Waals surface area contributed by atoms with Gasteiger partial charge in [-0.25, -0.2) is 17.9 Å². The molecule has 3 N–H and O–H groups in total. The molecule has 2 rings (SSSR count). The number of imidazole rings is 1. The molecule has 0 aliphatic heterocycles. The van der Waals surface area contributed by atoms with Crippen molar-refractivity contribution in [3.63, 3.8) is 0 Å². The molecule has 2 aromatic rings. The largest absolute Gasteiger partial charge is 0.330 e. The highest BCUT2D eigenvalue weighted by Gasteiger charge is 2.20. The lowest BCUT2D eigenvalue weighted by Gasteiger charge is -2.09. The van der Waals surface area contributed by atoms with E-state index in [2.05, 4.69) is 20.7 Å². The van der Waals surface area contributed by atoms with E-state index in [4.69, 9.17) is 5.73 Å². The van der Waals surface area contributed by atoms with Gasteiger partial charge in [-0.1, -0.05) is 0 Å². The number of sulfonamides is 1. The van der Waals surface area contributed by atoms with E-state index in [-0.39, 0.29) is 10.6 Å². The Morgan fingerprint density at radius 2 is 1.77 bits per heavy atom. The molecule has 0 bridgehead atoms. The number of aromatic nitrogens is 2. The standard InChI is InChI=1S/C13H19BrN4O3S/c1-17-10-7-9(14)12(8-11(10)18(2)13(17)19)22(20,21)16-6-4-3-5-15/h7-8,16H,3-6,15H2,1-2H3. The number of fused-ring (bicyclic) bond motifs is 1. The lowest BCUT2D eigenvalue weighted by molar-refractivity contribution is 0.576. The topological polar surface area (TPSA) is 99.1 Å². The van der Waals surface area contributed by atoms with Crippen molar-refractivity contribution in [1.29, 1.82) is 0 Å². The van der Waals surface area contributed by atoms with Crippen molar-refractivity contribution in [2.24, 2.45) is 19.8 Å². The van der Waals surface area contributed by atoms with Gasteiger partial charge < -0.3 is 5.73 Å². The summed E-state index contributed by atoms with van der Waals surface area (Å²) in [5.41, 5.74) is 6.42. The van der Waals surface area contributed by atoms with Crippen LogP contribution in [0.1, 0.15) is 12.8 Å². The smallest absolute Gasteiger partial charge is 0.328 e. The Labute approximate surface area is 137 Å². The number of hydrogen-bond acceptors (Lipinski definition) is 4. The van der Waals surface area contributed by atoms with Gasteiger partial charge in [0.2, 0.25) is 10.0 Å². The first-order valence-electron chi connectivity index (χ1n) is 6.84. The highest BCUT2D eigenvalue weighted by atomic mass is 79.9. The number of halogens is 1. The third-order valence-corrected chi connectivity index (χ3v) is 5.96. The Morgan fingerprint density at radius 3 is 2.36 bits per heavy atom. The first-order valence-corrected chi connectivity index (χ1v) is 9.12. The summed E-state index contributed by atoms with van der Waals surface area (Å²) in [6, 6.07) is 3.15. The molecule has 1 heterocycles. The molecule has 0 fully saturated rings. The Bertz CT molecular complexity index is 854. The molecular weight excluding hydrogens is 372 g/mol. The van der Waals surface area contributed by atoms with E-state index in [0.717, 1.165) is 6.42 Å². The van der Waals surface area contributed by atoms with Crippen LogP contribution in [-0.2, 0) is 24.1 Å². The number of benzene rings is 1. The minimum Gasteiger partial charge on any atom is -0.330 e. The van der Waals surface area contributed by atoms with Crippen molar-refractivity contribution < 1.29 is 8.42 Å². The number of unbranched alkanes of at least 4 members (excludes halogenated alkanes) is 1. The van der Waals surface area contributed by atoms with Gasteiger partial charge in [0.25, 0.3) is 0 Å². The van der Waals surface area contributed by atoms with Crippen molar-refractivity contribution in [2.75, 3.05) is 13.1 Å². The number of nitrogens with one attached hydrogen (secondary N) is 1. The zero-order valence-electron chi connectivity index (χ0n) is 12.5. The highest BCUT2D eigenvalue weighted by molar-refractivity contribution is 9.10. The molecule has 1 aromatic carbocycles. The quantitative estimate of drug-likeness (QED) is 0.707. The second-order valence-electron chi connectivity index (χ2n) is 5.07. The predicted octanol–water partition coefficient (Wildman–Crippen LogP) is 0.657. The average Bonchev–Trinajstić information content (AvgIpc) is 2.67. The maximum absolute atomic E-state index is 12.4. The summed E-state index contributed by atoms with van der Waals surface area (Å²) in [6.45, 7) is 0.862. The van der Waals surface area contributed by atoms with Crippen LogP contribution in [0.3, 0.4) is 0 Å². The van der Waals surface area contributed by atoms with Gasteiger partial charge in [0, 0.05) is 25.1 Å². The number of rotatable bonds is 6. The molecule has 0 saturated carbocycles. The van der Waals surface area contributed by atoms with Crippen molar-refractivity contribution in [3.8, 4) is 0 Å². The zero-order valence-corrected chi connectivity index (χ0v) is 14.9. The minimum atomic E-state index is -3.65. The molecule has 22 heavy (non-hydrogen) atoms. The van der Waals surface area contributed by atoms with Crippen LogP contribution in [0.25, 0.3) is 11.0 Å². The summed E-state index contributed by atoms with van der Waals surface area (Å²) in [6.07, 6.45) is 1.44. The Kier molecular flexibility index (Phi) is 5.10. The highest BCUT2D eigenvalue weighted by Crippen LogP contribution is 2.27. The van der Waals surface area contributed by atoms with Crippen molar-refractivity contribution in [1.82, 2.24) is 13.9 Å². The molecule has 7 nitrogen and oxygen atoms in total. The third-order valence-electron chi connectivity index (χ3n) is 3.54. The summed E-state index contributed by atoms with van der Waals surface area (Å²) in [5.74, 6) is 0. The first-order chi connectivity index (χ1) is 10.3. The van der Waals surface area contributed by atoms with Gasteiger partial charge in [0.1, 0.15) is 0 Å². The molecule has 0 amide bonds. The maximum Gasteiger partial charge on any atom is 0.328 e. The van der Waals surface area contributed by atoms with Crippen molar-refractivity contribution >= 4 is 37.0 Å². The number of hydrogen-bond donors (Lipinski definition) is 2. The minimum absolute atomic E-state index is 0.119. The van der Waals surface area contributed by atoms with Crippen molar-refractivity contribution in [3.05, 3.63) is 27.1 Å². The number of nitrogens with two attached hydrogens (primary N) is 1. The van der Waals surface area contributed by atoms with Crippen LogP contribution < -0.4 is 16.1 Å². The number of nitrogens with zero attached hydrogens (tertiary/aromatic N) is 2. The second kappa shape index (κ2) is 6.53. The van der Waals surface area contributed by atoms with E-state index >= 15 is 0 Å². The SMILES string of the molecule is Cn1c(=O)n(C)c2cc(S(=O)(=O)NCCCCN)c(Br)cc21. The van der Waals surface area contributed by atoms with Gasteiger partial charge in [-0.15, -0.1) is 0 Å². The van der Waals surface area contributed by atoms with Crippen LogP contribution in [0, 0.1) is 0 Å². The fourth-order valence-corrected chi connectivity index (χ4v) is 4.38. The van der Waals surface area contributed by atoms with Gasteiger partial charge >= 0.3 is 5.69 Å². The normalized spacial score (nSPS) is 12.2. The Morgan fingerprint density at radius 1 is 1.18 bits per heavy atom. The Hall–Kier alpha value is -1.16. The van der Waals surface area contributed by atoms with E-state index in [1.807, 2.05) is 0 Å². The van der Waals surface area contributed by atoms with Crippen LogP contribution >= 0.6 is 15.9 Å². The van der Waals surface area contributed by atoms with Gasteiger partial charge in [-0.3, -0.25) is 9.13 Å². The average molecular weight is 391 g/mol. The summed E-state index contributed by atoms with van der Waals surface area (Å²) >= 11 is 3.28. The molecule has 0 unspecified atom stereocenters. The second-order valence-corrected chi connectivity index (χ2v) is 7.66. The predicted molar refractivity (Wildman–Crippen MR) is 89.3 cm³/mol. The zero-order chi connectivity index (χ0) is 16.5. The van der Waals surface area contributed by atoms with Gasteiger partial charge in [0.15, 0.2) is 0 Å². The van der Waals surface area contributed by atoms with E-state index in [0.29, 0.717) is 35.0 Å². The van der Waals surface area contributed by atoms with Gasteiger partial charge in [-0.2, -0.15) is 0 Å². The van der Waals surface area contributed by atoms with Crippen LogP contribution in [0.5, 0.6) is 0 Å². The van der Waals surface area contributed by atoms with Gasteiger partial charge in [-0.05, 0) is 47.4 Å². The monoisotopic (exact) mass is 390 g/mol. The van der Waals surface area contributed by atoms with E-state index in [1.165, 1.54) is 15.2 Å². The van der Waals surface area contributed by atoms with Crippen LogP contribution in [-0.4, -0.2) is 30.6 Å². The van der Waals surface area contributed by atoms with E-state index in [9.17, 15) is 13.2 Å². The molecular formula is C13H19BrN4O3S. The lowest BCUT2D eigenvalue weighted by Crippen LogP contribution is -2.25. The van der Waals surface area contributed by atoms with Gasteiger partial charge in [0.05, 0.1) is 15.9 Å². The molecule has 0 spiro atoms. The van der Waals surface area contributed by atoms with Crippen LogP contribution in [0.2, 0.25) is 0 Å². The maximum atomic E-state index is 12.4. The van der Waals surface area contributed by atoms with E-state index in [1.54, 1.807) is 20.2 Å². The molecule has 122 valence electrons. The summed E-state index contributed by atoms with van der Waals surface area (Å²) < 4.78 is 30.7. The first kappa shape index (κ1) is 17.2. The third kappa shape index (κ3) is 3.12. The van der Waals surface area contributed by atoms with Crippen LogP contribution in [0.15, 0.2) is 26.3 Å². The summed E-state index contributed by atoms with van der Waals surface area (Å²) in [5, 5.41) is 0. The Balaban J connectivity index is 2.45. The lowest BCUT2D eigenvalue weighted by atomic mass is 10.3. The molecule has 0 saturated heterocycles. The summed E-state index contributed by atoms with van der Waals surface area (Å²) in [4.78, 5) is 12.1.